The van der Waals surface area contributed by atoms with Gasteiger partial charge in [-0.1, -0.05) is 38.8 Å². The van der Waals surface area contributed by atoms with Gasteiger partial charge in [0.25, 0.3) is 0 Å². The summed E-state index contributed by atoms with van der Waals surface area (Å²) in [6.45, 7) is 4.30. The van der Waals surface area contributed by atoms with Gasteiger partial charge in [0.1, 0.15) is 0 Å². The van der Waals surface area contributed by atoms with E-state index in [2.05, 4.69) is 32.0 Å². The first-order valence-electron chi connectivity index (χ1n) is 7.43. The molecule has 0 radical (unpaired) electrons. The molecule has 2 rings (SSSR count). The lowest BCUT2D eigenvalue weighted by Crippen LogP contribution is -2.34. The molecule has 1 N–H and O–H groups in total. The largest absolute Gasteiger partial charge is 0.481 e. The number of hydrogen-bond acceptors (Lipinski definition) is 2. The summed E-state index contributed by atoms with van der Waals surface area (Å²) in [4.78, 5) is 14.0. The van der Waals surface area contributed by atoms with Crippen LogP contribution in [0.4, 0.5) is 5.69 Å². The van der Waals surface area contributed by atoms with E-state index in [4.69, 9.17) is 0 Å². The van der Waals surface area contributed by atoms with Crippen LogP contribution in [-0.4, -0.2) is 25.2 Å². The fourth-order valence-corrected chi connectivity index (χ4v) is 3.26. The van der Waals surface area contributed by atoms with Crippen molar-refractivity contribution in [2.24, 2.45) is 0 Å². The summed E-state index contributed by atoms with van der Waals surface area (Å²) < 4.78 is 0. The molecule has 20 heavy (non-hydrogen) atoms. The second-order valence-corrected chi connectivity index (χ2v) is 6.42. The number of carboxylic acids is 1. The van der Waals surface area contributed by atoms with E-state index < -0.39 is 11.4 Å². The van der Waals surface area contributed by atoms with Gasteiger partial charge in [-0.25, -0.2) is 0 Å². The molecule has 1 aromatic rings. The smallest absolute Gasteiger partial charge is 0.314 e. The normalized spacial score (nSPS) is 17.4. The number of rotatable bonds is 4. The second kappa shape index (κ2) is 5.47. The van der Waals surface area contributed by atoms with Crippen molar-refractivity contribution >= 4 is 11.7 Å². The average Bonchev–Trinajstić information content (AvgIpc) is 2.88. The summed E-state index contributed by atoms with van der Waals surface area (Å²) in [7, 11) is 3.97. The second-order valence-electron chi connectivity index (χ2n) is 6.42. The van der Waals surface area contributed by atoms with Crippen molar-refractivity contribution in [3.63, 3.8) is 0 Å². The summed E-state index contributed by atoms with van der Waals surface area (Å²) in [5.41, 5.74) is 2.57. The minimum absolute atomic E-state index is 0.414. The van der Waals surface area contributed by atoms with Crippen molar-refractivity contribution < 1.29 is 9.90 Å². The first-order chi connectivity index (χ1) is 9.38. The van der Waals surface area contributed by atoms with E-state index in [9.17, 15) is 9.90 Å². The summed E-state index contributed by atoms with van der Waals surface area (Å²) in [5.74, 6) is -0.254. The molecule has 110 valence electrons. The highest BCUT2D eigenvalue weighted by atomic mass is 16.4. The summed E-state index contributed by atoms with van der Waals surface area (Å²) in [5, 5.41) is 9.83. The Hall–Kier alpha value is -1.51. The highest BCUT2D eigenvalue weighted by Crippen LogP contribution is 2.45. The molecule has 0 saturated heterocycles. The van der Waals surface area contributed by atoms with E-state index in [0.29, 0.717) is 5.92 Å². The fourth-order valence-electron chi connectivity index (χ4n) is 3.26. The maximum absolute atomic E-state index is 12.0. The van der Waals surface area contributed by atoms with Crippen LogP contribution in [0.15, 0.2) is 18.2 Å². The maximum Gasteiger partial charge on any atom is 0.314 e. The topological polar surface area (TPSA) is 40.5 Å². The number of benzene rings is 1. The average molecular weight is 275 g/mol. The van der Waals surface area contributed by atoms with E-state index >= 15 is 0 Å². The molecular formula is C17H25NO2. The molecule has 3 heteroatoms. The Bertz CT molecular complexity index is 500. The van der Waals surface area contributed by atoms with Crippen LogP contribution in [-0.2, 0) is 10.2 Å². The quantitative estimate of drug-likeness (QED) is 0.909. The molecule has 0 aliphatic heterocycles. The van der Waals surface area contributed by atoms with E-state index in [1.54, 1.807) is 0 Å². The van der Waals surface area contributed by atoms with E-state index in [1.807, 2.05) is 19.0 Å². The molecule has 0 atom stereocenters. The molecule has 0 heterocycles. The molecule has 0 unspecified atom stereocenters. The standard InChI is InChI=1S/C17H25NO2/c1-12(2)13-7-8-15(18(3)4)14(11-13)17(16(19)20)9-5-6-10-17/h7-8,11-12H,5-6,9-10H2,1-4H3,(H,19,20). The lowest BCUT2D eigenvalue weighted by Gasteiger charge is -2.30. The molecule has 1 fully saturated rings. The van der Waals surface area contributed by atoms with Gasteiger partial charge in [-0.2, -0.15) is 0 Å². The predicted molar refractivity (Wildman–Crippen MR) is 82.6 cm³/mol. The van der Waals surface area contributed by atoms with Gasteiger partial charge in [0.05, 0.1) is 5.41 Å². The van der Waals surface area contributed by atoms with Gasteiger partial charge < -0.3 is 10.0 Å². The van der Waals surface area contributed by atoms with Crippen LogP contribution in [0.1, 0.15) is 56.6 Å². The zero-order valence-electron chi connectivity index (χ0n) is 12.9. The van der Waals surface area contributed by atoms with Crippen molar-refractivity contribution in [1.82, 2.24) is 0 Å². The molecular weight excluding hydrogens is 250 g/mol. The lowest BCUT2D eigenvalue weighted by molar-refractivity contribution is -0.143. The van der Waals surface area contributed by atoms with Gasteiger partial charge in [-0.3, -0.25) is 4.79 Å². The van der Waals surface area contributed by atoms with E-state index in [1.165, 1.54) is 5.56 Å². The fraction of sp³-hybridized carbons (Fsp3) is 0.588. The molecule has 1 aliphatic carbocycles. The van der Waals surface area contributed by atoms with Crippen molar-refractivity contribution in [2.75, 3.05) is 19.0 Å². The molecule has 1 aromatic carbocycles. The van der Waals surface area contributed by atoms with Crippen LogP contribution in [0.2, 0.25) is 0 Å². The van der Waals surface area contributed by atoms with Gasteiger partial charge in [-0.05, 0) is 36.0 Å². The Morgan fingerprint density at radius 2 is 1.85 bits per heavy atom. The first-order valence-corrected chi connectivity index (χ1v) is 7.43. The summed E-state index contributed by atoms with van der Waals surface area (Å²) >= 11 is 0. The first kappa shape index (κ1) is 14.9. The van der Waals surface area contributed by atoms with Crippen molar-refractivity contribution in [1.29, 1.82) is 0 Å². The van der Waals surface area contributed by atoms with E-state index in [0.717, 1.165) is 36.9 Å². The highest BCUT2D eigenvalue weighted by molar-refractivity contribution is 5.84. The van der Waals surface area contributed by atoms with Crippen LogP contribution in [0.5, 0.6) is 0 Å². The number of aliphatic carboxylic acids is 1. The zero-order chi connectivity index (χ0) is 14.9. The highest BCUT2D eigenvalue weighted by Gasteiger charge is 2.44. The van der Waals surface area contributed by atoms with Crippen LogP contribution in [0.3, 0.4) is 0 Å². The Balaban J connectivity index is 2.62. The minimum Gasteiger partial charge on any atom is -0.481 e. The Morgan fingerprint density at radius 3 is 2.30 bits per heavy atom. The molecule has 0 bridgehead atoms. The third-order valence-electron chi connectivity index (χ3n) is 4.55. The molecule has 0 aromatic heterocycles. The number of anilines is 1. The van der Waals surface area contributed by atoms with Crippen LogP contribution in [0, 0.1) is 0 Å². The van der Waals surface area contributed by atoms with Gasteiger partial charge in [0.2, 0.25) is 0 Å². The Labute approximate surface area is 121 Å². The molecule has 0 amide bonds. The minimum atomic E-state index is -0.690. The predicted octanol–water partition coefficient (Wildman–Crippen LogP) is 3.77. The molecule has 1 aliphatic rings. The van der Waals surface area contributed by atoms with Gasteiger partial charge in [0, 0.05) is 19.8 Å². The SMILES string of the molecule is CC(C)c1ccc(N(C)C)c(C2(C(=O)O)CCCC2)c1. The zero-order valence-corrected chi connectivity index (χ0v) is 12.9. The third kappa shape index (κ3) is 2.41. The van der Waals surface area contributed by atoms with Crippen molar-refractivity contribution in [3.05, 3.63) is 29.3 Å². The molecule has 3 nitrogen and oxygen atoms in total. The monoisotopic (exact) mass is 275 g/mol. The van der Waals surface area contributed by atoms with Crippen LogP contribution < -0.4 is 4.90 Å². The van der Waals surface area contributed by atoms with Crippen molar-refractivity contribution in [2.45, 2.75) is 50.9 Å². The van der Waals surface area contributed by atoms with E-state index in [-0.39, 0.29) is 0 Å². The Morgan fingerprint density at radius 1 is 1.25 bits per heavy atom. The number of hydrogen-bond donors (Lipinski definition) is 1. The van der Waals surface area contributed by atoms with Gasteiger partial charge in [0.15, 0.2) is 0 Å². The maximum atomic E-state index is 12.0. The summed E-state index contributed by atoms with van der Waals surface area (Å²) in [6.07, 6.45) is 3.52. The van der Waals surface area contributed by atoms with Crippen LogP contribution in [0.25, 0.3) is 0 Å². The van der Waals surface area contributed by atoms with Crippen LogP contribution >= 0.6 is 0 Å². The number of carbonyl (C=O) groups is 1. The summed E-state index contributed by atoms with van der Waals surface area (Å²) in [6, 6.07) is 6.32. The lowest BCUT2D eigenvalue weighted by atomic mass is 9.76. The molecule has 0 spiro atoms. The van der Waals surface area contributed by atoms with Gasteiger partial charge >= 0.3 is 5.97 Å². The third-order valence-corrected chi connectivity index (χ3v) is 4.55. The number of nitrogens with zero attached hydrogens (tertiary/aromatic N) is 1. The number of carboxylic acid groups (broad SMARTS) is 1. The van der Waals surface area contributed by atoms with Crippen molar-refractivity contribution in [3.8, 4) is 0 Å². The van der Waals surface area contributed by atoms with Gasteiger partial charge in [-0.15, -0.1) is 0 Å². The molecule has 1 saturated carbocycles. The Kier molecular flexibility index (Phi) is 4.07.